The number of hydrogen-bond donors (Lipinski definition) is 1. The lowest BCUT2D eigenvalue weighted by atomic mass is 10.2. The molecule has 2 aromatic rings. The Morgan fingerprint density at radius 2 is 2.00 bits per heavy atom. The molecule has 0 fully saturated rings. The zero-order chi connectivity index (χ0) is 9.10. The number of nitrogens with zero attached hydrogens (tertiary/aromatic N) is 1. The molecule has 1 heterocycles. The van der Waals surface area contributed by atoms with Gasteiger partial charge in [-0.05, 0) is 24.1 Å². The summed E-state index contributed by atoms with van der Waals surface area (Å²) in [6.45, 7) is 0. The highest BCUT2D eigenvalue weighted by Gasteiger charge is 1.98. The SMILES string of the molecule is NSc1ccc(-c2cscn2)cc1. The van der Waals surface area contributed by atoms with Crippen LogP contribution in [0.4, 0.5) is 0 Å². The van der Waals surface area contributed by atoms with Crippen molar-refractivity contribution in [2.75, 3.05) is 0 Å². The third-order valence-electron chi connectivity index (χ3n) is 1.72. The summed E-state index contributed by atoms with van der Waals surface area (Å²) in [5.74, 6) is 0. The fourth-order valence-corrected chi connectivity index (χ4v) is 1.91. The van der Waals surface area contributed by atoms with Gasteiger partial charge in [-0.3, -0.25) is 5.14 Å². The molecule has 0 aliphatic heterocycles. The molecule has 0 amide bonds. The van der Waals surface area contributed by atoms with E-state index in [1.807, 2.05) is 35.2 Å². The van der Waals surface area contributed by atoms with Gasteiger partial charge in [0.1, 0.15) is 0 Å². The van der Waals surface area contributed by atoms with E-state index in [9.17, 15) is 0 Å². The highest BCUT2D eigenvalue weighted by atomic mass is 32.2. The summed E-state index contributed by atoms with van der Waals surface area (Å²) in [6, 6.07) is 8.06. The van der Waals surface area contributed by atoms with Crippen molar-refractivity contribution in [2.24, 2.45) is 5.14 Å². The first kappa shape index (κ1) is 8.74. The van der Waals surface area contributed by atoms with Gasteiger partial charge in [0.05, 0.1) is 11.2 Å². The molecular weight excluding hydrogens is 200 g/mol. The Morgan fingerprint density at radius 3 is 2.54 bits per heavy atom. The van der Waals surface area contributed by atoms with E-state index in [1.165, 1.54) is 11.9 Å². The summed E-state index contributed by atoms with van der Waals surface area (Å²) in [5, 5.41) is 7.45. The summed E-state index contributed by atoms with van der Waals surface area (Å²) in [7, 11) is 0. The molecule has 66 valence electrons. The lowest BCUT2D eigenvalue weighted by molar-refractivity contribution is 1.38. The van der Waals surface area contributed by atoms with Crippen LogP contribution in [-0.2, 0) is 0 Å². The van der Waals surface area contributed by atoms with Crippen molar-refractivity contribution in [3.8, 4) is 11.3 Å². The number of aromatic nitrogens is 1. The van der Waals surface area contributed by atoms with Crippen LogP contribution < -0.4 is 5.14 Å². The number of benzene rings is 1. The van der Waals surface area contributed by atoms with Crippen molar-refractivity contribution in [1.29, 1.82) is 0 Å². The van der Waals surface area contributed by atoms with E-state index < -0.39 is 0 Å². The van der Waals surface area contributed by atoms with Crippen LogP contribution in [0, 0.1) is 0 Å². The van der Waals surface area contributed by atoms with Crippen LogP contribution in [0.2, 0.25) is 0 Å². The van der Waals surface area contributed by atoms with E-state index in [1.54, 1.807) is 11.3 Å². The van der Waals surface area contributed by atoms with Crippen LogP contribution >= 0.6 is 23.3 Å². The molecule has 2 nitrogen and oxygen atoms in total. The van der Waals surface area contributed by atoms with Crippen molar-refractivity contribution in [1.82, 2.24) is 4.98 Å². The minimum absolute atomic E-state index is 1.03. The number of nitrogens with two attached hydrogens (primary N) is 1. The molecule has 0 unspecified atom stereocenters. The largest absolute Gasteiger partial charge is 0.274 e. The van der Waals surface area contributed by atoms with Gasteiger partial charge in [-0.2, -0.15) is 0 Å². The Labute approximate surface area is 84.9 Å². The molecule has 2 rings (SSSR count). The molecule has 0 spiro atoms. The quantitative estimate of drug-likeness (QED) is 0.771. The minimum Gasteiger partial charge on any atom is -0.274 e. The van der Waals surface area contributed by atoms with Crippen molar-refractivity contribution in [3.05, 3.63) is 35.2 Å². The molecule has 0 bridgehead atoms. The normalized spacial score (nSPS) is 10.2. The van der Waals surface area contributed by atoms with E-state index in [0.717, 1.165) is 16.2 Å². The Kier molecular flexibility index (Phi) is 2.63. The number of rotatable bonds is 2. The predicted molar refractivity (Wildman–Crippen MR) is 57.6 cm³/mol. The van der Waals surface area contributed by atoms with E-state index in [2.05, 4.69) is 4.98 Å². The summed E-state index contributed by atoms with van der Waals surface area (Å²) in [4.78, 5) is 5.29. The van der Waals surface area contributed by atoms with Crippen molar-refractivity contribution in [2.45, 2.75) is 4.90 Å². The molecule has 0 saturated carbocycles. The standard InChI is InChI=1S/C9H8N2S2/c10-13-8-3-1-7(2-4-8)9-5-12-6-11-9/h1-6H,10H2. The van der Waals surface area contributed by atoms with Gasteiger partial charge in [0.25, 0.3) is 0 Å². The van der Waals surface area contributed by atoms with Gasteiger partial charge in [0.2, 0.25) is 0 Å². The van der Waals surface area contributed by atoms with Crippen LogP contribution in [0.5, 0.6) is 0 Å². The highest BCUT2D eigenvalue weighted by Crippen LogP contribution is 2.21. The predicted octanol–water partition coefficient (Wildman–Crippen LogP) is 2.78. The third-order valence-corrected chi connectivity index (χ3v) is 2.85. The van der Waals surface area contributed by atoms with Gasteiger partial charge in [0.15, 0.2) is 0 Å². The second kappa shape index (κ2) is 3.91. The Bertz CT molecular complexity index is 367. The molecule has 0 atom stereocenters. The van der Waals surface area contributed by atoms with Gasteiger partial charge in [-0.1, -0.05) is 12.1 Å². The zero-order valence-corrected chi connectivity index (χ0v) is 8.44. The van der Waals surface area contributed by atoms with Gasteiger partial charge >= 0.3 is 0 Å². The monoisotopic (exact) mass is 208 g/mol. The molecule has 0 aliphatic rings. The summed E-state index contributed by atoms with van der Waals surface area (Å²) in [5.41, 5.74) is 4.00. The fraction of sp³-hybridized carbons (Fsp3) is 0. The Balaban J connectivity index is 2.33. The first-order valence-corrected chi connectivity index (χ1v) is 5.58. The van der Waals surface area contributed by atoms with Gasteiger partial charge in [0, 0.05) is 15.8 Å². The maximum Gasteiger partial charge on any atom is 0.0811 e. The van der Waals surface area contributed by atoms with Crippen LogP contribution in [0.3, 0.4) is 0 Å². The summed E-state index contributed by atoms with van der Waals surface area (Å²) >= 11 is 2.86. The lowest BCUT2D eigenvalue weighted by Gasteiger charge is -1.97. The fourth-order valence-electron chi connectivity index (χ4n) is 1.06. The van der Waals surface area contributed by atoms with Crippen LogP contribution in [-0.4, -0.2) is 4.98 Å². The maximum atomic E-state index is 5.42. The molecule has 2 N–H and O–H groups in total. The molecule has 0 saturated heterocycles. The minimum atomic E-state index is 1.03. The summed E-state index contributed by atoms with van der Waals surface area (Å²) < 4.78 is 0. The second-order valence-corrected chi connectivity index (χ2v) is 3.94. The molecular formula is C9H8N2S2. The first-order valence-electron chi connectivity index (χ1n) is 3.75. The van der Waals surface area contributed by atoms with Crippen LogP contribution in [0.1, 0.15) is 0 Å². The van der Waals surface area contributed by atoms with E-state index >= 15 is 0 Å². The molecule has 0 radical (unpaired) electrons. The molecule has 4 heteroatoms. The van der Waals surface area contributed by atoms with E-state index in [4.69, 9.17) is 5.14 Å². The average Bonchev–Trinajstić information content (AvgIpc) is 2.71. The Hall–Kier alpha value is -0.840. The van der Waals surface area contributed by atoms with Crippen LogP contribution in [0.25, 0.3) is 11.3 Å². The molecule has 0 aliphatic carbocycles. The zero-order valence-electron chi connectivity index (χ0n) is 6.81. The van der Waals surface area contributed by atoms with Gasteiger partial charge in [-0.25, -0.2) is 4.98 Å². The molecule has 1 aromatic heterocycles. The van der Waals surface area contributed by atoms with Crippen molar-refractivity contribution in [3.63, 3.8) is 0 Å². The van der Waals surface area contributed by atoms with Crippen molar-refractivity contribution >= 4 is 23.3 Å². The maximum absolute atomic E-state index is 5.42. The van der Waals surface area contributed by atoms with E-state index in [0.29, 0.717) is 0 Å². The summed E-state index contributed by atoms with van der Waals surface area (Å²) in [6.07, 6.45) is 0. The van der Waals surface area contributed by atoms with Crippen LogP contribution in [0.15, 0.2) is 40.1 Å². The molecule has 13 heavy (non-hydrogen) atoms. The van der Waals surface area contributed by atoms with Crippen molar-refractivity contribution < 1.29 is 0 Å². The highest BCUT2D eigenvalue weighted by molar-refractivity contribution is 7.97. The number of thiazole rings is 1. The Morgan fingerprint density at radius 1 is 1.23 bits per heavy atom. The average molecular weight is 208 g/mol. The van der Waals surface area contributed by atoms with Gasteiger partial charge in [-0.15, -0.1) is 11.3 Å². The molecule has 1 aromatic carbocycles. The smallest absolute Gasteiger partial charge is 0.0811 e. The lowest BCUT2D eigenvalue weighted by Crippen LogP contribution is -1.80. The van der Waals surface area contributed by atoms with Gasteiger partial charge < -0.3 is 0 Å². The second-order valence-electron chi connectivity index (χ2n) is 2.52. The number of hydrogen-bond acceptors (Lipinski definition) is 4. The first-order chi connectivity index (χ1) is 6.40. The third kappa shape index (κ3) is 1.91. The topological polar surface area (TPSA) is 38.9 Å². The van der Waals surface area contributed by atoms with E-state index in [-0.39, 0.29) is 0 Å².